The van der Waals surface area contributed by atoms with Crippen LogP contribution in [0.4, 0.5) is 14.9 Å². The van der Waals surface area contributed by atoms with Crippen molar-refractivity contribution in [3.05, 3.63) is 29.8 Å². The summed E-state index contributed by atoms with van der Waals surface area (Å²) in [5.41, 5.74) is 1.21. The van der Waals surface area contributed by atoms with Crippen molar-refractivity contribution < 1.29 is 23.2 Å². The number of ether oxygens (including phenoxy) is 2. The summed E-state index contributed by atoms with van der Waals surface area (Å²) < 4.78 is 29.9. The SMILES string of the molecule is COC(=O)N1CCC(c2noc(-c3ccc(F)c(N4CCOCC4)c3)n2)CC1. The molecule has 1 aromatic carbocycles. The predicted octanol–water partition coefficient (Wildman–Crippen LogP) is 2.66. The van der Waals surface area contributed by atoms with Crippen LogP contribution in [0.5, 0.6) is 0 Å². The van der Waals surface area contributed by atoms with Gasteiger partial charge in [0, 0.05) is 37.7 Å². The molecule has 2 aliphatic rings. The molecule has 0 radical (unpaired) electrons. The number of aromatic nitrogens is 2. The average Bonchev–Trinajstić information content (AvgIpc) is 3.24. The predicted molar refractivity (Wildman–Crippen MR) is 98.7 cm³/mol. The molecule has 2 aliphatic heterocycles. The normalized spacial score (nSPS) is 18.4. The third-order valence-corrected chi connectivity index (χ3v) is 5.28. The van der Waals surface area contributed by atoms with Crippen molar-refractivity contribution in [2.45, 2.75) is 18.8 Å². The number of methoxy groups -OCH3 is 1. The van der Waals surface area contributed by atoms with E-state index in [4.69, 9.17) is 14.0 Å². The van der Waals surface area contributed by atoms with Crippen molar-refractivity contribution in [2.24, 2.45) is 0 Å². The van der Waals surface area contributed by atoms with E-state index in [0.717, 1.165) is 12.8 Å². The Bertz CT molecular complexity index is 829. The highest BCUT2D eigenvalue weighted by Crippen LogP contribution is 2.30. The summed E-state index contributed by atoms with van der Waals surface area (Å²) in [6.45, 7) is 3.65. The van der Waals surface area contributed by atoms with E-state index >= 15 is 0 Å². The van der Waals surface area contributed by atoms with Gasteiger partial charge in [-0.05, 0) is 31.0 Å². The molecule has 0 saturated carbocycles. The van der Waals surface area contributed by atoms with Gasteiger partial charge in [-0.3, -0.25) is 0 Å². The van der Waals surface area contributed by atoms with Gasteiger partial charge < -0.3 is 23.8 Å². The maximum atomic E-state index is 14.3. The lowest BCUT2D eigenvalue weighted by molar-refractivity contribution is 0.111. The third-order valence-electron chi connectivity index (χ3n) is 5.28. The van der Waals surface area contributed by atoms with Gasteiger partial charge in [-0.2, -0.15) is 4.98 Å². The number of carbonyl (C=O) groups excluding carboxylic acids is 1. The van der Waals surface area contributed by atoms with E-state index < -0.39 is 0 Å². The zero-order valence-corrected chi connectivity index (χ0v) is 15.8. The van der Waals surface area contributed by atoms with Crippen molar-refractivity contribution >= 4 is 11.8 Å². The Morgan fingerprint density at radius 2 is 1.96 bits per heavy atom. The molecule has 0 atom stereocenters. The van der Waals surface area contributed by atoms with Crippen LogP contribution in [0.1, 0.15) is 24.6 Å². The average molecular weight is 390 g/mol. The summed E-state index contributed by atoms with van der Waals surface area (Å²) >= 11 is 0. The lowest BCUT2D eigenvalue weighted by atomic mass is 9.96. The van der Waals surface area contributed by atoms with Crippen LogP contribution in [0.2, 0.25) is 0 Å². The number of benzene rings is 1. The molecule has 28 heavy (non-hydrogen) atoms. The molecule has 0 N–H and O–H groups in total. The number of hydrogen-bond donors (Lipinski definition) is 0. The first kappa shape index (κ1) is 18.7. The van der Waals surface area contributed by atoms with Crippen LogP contribution in [0, 0.1) is 5.82 Å². The minimum atomic E-state index is -0.311. The minimum absolute atomic E-state index is 0.123. The summed E-state index contributed by atoms with van der Waals surface area (Å²) in [6.07, 6.45) is 1.18. The van der Waals surface area contributed by atoms with Crippen molar-refractivity contribution in [1.29, 1.82) is 0 Å². The zero-order chi connectivity index (χ0) is 19.5. The highest BCUT2D eigenvalue weighted by atomic mass is 19.1. The maximum Gasteiger partial charge on any atom is 0.409 e. The highest BCUT2D eigenvalue weighted by molar-refractivity contribution is 5.67. The van der Waals surface area contributed by atoms with Crippen LogP contribution in [-0.2, 0) is 9.47 Å². The standard InChI is InChI=1S/C19H23FN4O4/c1-26-19(25)24-6-4-13(5-7-24)17-21-18(28-22-17)14-2-3-15(20)16(12-14)23-8-10-27-11-9-23/h2-3,12-13H,4-11H2,1H3. The van der Waals surface area contributed by atoms with Crippen LogP contribution < -0.4 is 4.90 Å². The Morgan fingerprint density at radius 3 is 2.68 bits per heavy atom. The lowest BCUT2D eigenvalue weighted by Crippen LogP contribution is -2.37. The van der Waals surface area contributed by atoms with Gasteiger partial charge in [0.15, 0.2) is 5.82 Å². The van der Waals surface area contributed by atoms with Crippen molar-refractivity contribution in [1.82, 2.24) is 15.0 Å². The molecule has 1 aromatic heterocycles. The lowest BCUT2D eigenvalue weighted by Gasteiger charge is -2.29. The Balaban J connectivity index is 1.48. The number of piperidine rings is 1. The zero-order valence-electron chi connectivity index (χ0n) is 15.8. The number of hydrogen-bond acceptors (Lipinski definition) is 7. The van der Waals surface area contributed by atoms with E-state index in [0.29, 0.717) is 62.4 Å². The molecule has 2 saturated heterocycles. The molecule has 9 heteroatoms. The first-order valence-corrected chi connectivity index (χ1v) is 9.45. The van der Waals surface area contributed by atoms with Gasteiger partial charge in [-0.25, -0.2) is 9.18 Å². The molecule has 0 aliphatic carbocycles. The van der Waals surface area contributed by atoms with E-state index in [-0.39, 0.29) is 17.8 Å². The van der Waals surface area contributed by atoms with Gasteiger partial charge in [-0.1, -0.05) is 5.16 Å². The van der Waals surface area contributed by atoms with Gasteiger partial charge >= 0.3 is 6.09 Å². The number of likely N-dealkylation sites (tertiary alicyclic amines) is 1. The monoisotopic (exact) mass is 390 g/mol. The van der Waals surface area contributed by atoms with Crippen molar-refractivity contribution in [3.8, 4) is 11.5 Å². The Labute approximate surface area is 162 Å². The molecule has 2 fully saturated rings. The number of halogens is 1. The second-order valence-corrected chi connectivity index (χ2v) is 6.95. The van der Waals surface area contributed by atoms with E-state index in [1.54, 1.807) is 17.0 Å². The molecule has 3 heterocycles. The smallest absolute Gasteiger partial charge is 0.409 e. The number of amides is 1. The largest absolute Gasteiger partial charge is 0.453 e. The molecule has 8 nitrogen and oxygen atoms in total. The van der Waals surface area contributed by atoms with E-state index in [1.165, 1.54) is 13.2 Å². The molecule has 2 aromatic rings. The second kappa shape index (κ2) is 8.14. The number of nitrogens with zero attached hydrogens (tertiary/aromatic N) is 4. The fourth-order valence-electron chi connectivity index (χ4n) is 3.66. The van der Waals surface area contributed by atoms with Crippen LogP contribution in [0.15, 0.2) is 22.7 Å². The molecular formula is C19H23FN4O4. The quantitative estimate of drug-likeness (QED) is 0.797. The first-order valence-electron chi connectivity index (χ1n) is 9.45. The van der Waals surface area contributed by atoms with E-state index in [2.05, 4.69) is 10.1 Å². The second-order valence-electron chi connectivity index (χ2n) is 6.95. The summed E-state index contributed by atoms with van der Waals surface area (Å²) in [5, 5.41) is 4.12. The van der Waals surface area contributed by atoms with Crippen LogP contribution in [-0.4, -0.2) is 67.6 Å². The Kier molecular flexibility index (Phi) is 5.43. The van der Waals surface area contributed by atoms with Gasteiger partial charge in [0.1, 0.15) is 5.82 Å². The van der Waals surface area contributed by atoms with Gasteiger partial charge in [0.25, 0.3) is 5.89 Å². The molecule has 1 amide bonds. The fourth-order valence-corrected chi connectivity index (χ4v) is 3.66. The number of carbonyl (C=O) groups is 1. The van der Waals surface area contributed by atoms with Crippen molar-refractivity contribution in [2.75, 3.05) is 51.4 Å². The molecular weight excluding hydrogens is 367 g/mol. The Hall–Kier alpha value is -2.68. The summed E-state index contributed by atoms with van der Waals surface area (Å²) in [5.74, 6) is 0.842. The maximum absolute atomic E-state index is 14.3. The molecule has 0 spiro atoms. The number of morpholine rings is 1. The van der Waals surface area contributed by atoms with Gasteiger partial charge in [0.05, 0.1) is 26.0 Å². The van der Waals surface area contributed by atoms with Crippen LogP contribution in [0.25, 0.3) is 11.5 Å². The van der Waals surface area contributed by atoms with Gasteiger partial charge in [-0.15, -0.1) is 0 Å². The van der Waals surface area contributed by atoms with E-state index in [9.17, 15) is 9.18 Å². The molecule has 4 rings (SSSR count). The summed E-state index contributed by atoms with van der Waals surface area (Å²) in [4.78, 5) is 19.8. The van der Waals surface area contributed by atoms with Crippen molar-refractivity contribution in [3.63, 3.8) is 0 Å². The van der Waals surface area contributed by atoms with Crippen LogP contribution >= 0.6 is 0 Å². The fraction of sp³-hybridized carbons (Fsp3) is 0.526. The summed E-state index contributed by atoms with van der Waals surface area (Å²) in [7, 11) is 1.38. The van der Waals surface area contributed by atoms with E-state index in [1.807, 2.05) is 4.90 Å². The summed E-state index contributed by atoms with van der Waals surface area (Å²) in [6, 6.07) is 4.83. The number of rotatable bonds is 3. The first-order chi connectivity index (χ1) is 13.7. The molecule has 0 bridgehead atoms. The Morgan fingerprint density at radius 1 is 1.21 bits per heavy atom. The molecule has 0 unspecified atom stereocenters. The minimum Gasteiger partial charge on any atom is -0.453 e. The van der Waals surface area contributed by atoms with Crippen LogP contribution in [0.3, 0.4) is 0 Å². The third kappa shape index (κ3) is 3.80. The molecule has 150 valence electrons. The van der Waals surface area contributed by atoms with Gasteiger partial charge in [0.2, 0.25) is 0 Å². The highest BCUT2D eigenvalue weighted by Gasteiger charge is 2.27. The number of anilines is 1. The topological polar surface area (TPSA) is 80.9 Å².